The van der Waals surface area contributed by atoms with Crippen LogP contribution in [0, 0.1) is 5.92 Å². The van der Waals surface area contributed by atoms with Crippen molar-refractivity contribution in [3.8, 4) is 0 Å². The molecule has 20 heavy (non-hydrogen) atoms. The molecular formula is C17H27NO2. The Morgan fingerprint density at radius 3 is 2.30 bits per heavy atom. The van der Waals surface area contributed by atoms with E-state index in [0.717, 1.165) is 31.2 Å². The minimum Gasteiger partial charge on any atom is -0.394 e. The minimum absolute atomic E-state index is 0.140. The van der Waals surface area contributed by atoms with E-state index in [-0.39, 0.29) is 12.1 Å². The molecule has 1 aromatic carbocycles. The summed E-state index contributed by atoms with van der Waals surface area (Å²) in [7, 11) is 0. The smallest absolute Gasteiger partial charge is 0.0914 e. The van der Waals surface area contributed by atoms with E-state index in [2.05, 4.69) is 31.3 Å². The molecular weight excluding hydrogens is 250 g/mol. The van der Waals surface area contributed by atoms with Gasteiger partial charge in [0.2, 0.25) is 0 Å². The minimum atomic E-state index is -0.507. The maximum absolute atomic E-state index is 10.2. The molecule has 1 aromatic rings. The maximum atomic E-state index is 10.2. The summed E-state index contributed by atoms with van der Waals surface area (Å²) in [6.07, 6.45) is 3.73. The van der Waals surface area contributed by atoms with Gasteiger partial charge in [-0.15, -0.1) is 0 Å². The fourth-order valence-electron chi connectivity index (χ4n) is 2.77. The molecule has 0 radical (unpaired) electrons. The van der Waals surface area contributed by atoms with E-state index in [0.29, 0.717) is 12.5 Å². The van der Waals surface area contributed by atoms with Gasteiger partial charge in [-0.2, -0.15) is 0 Å². The van der Waals surface area contributed by atoms with Crippen LogP contribution in [0.4, 0.5) is 0 Å². The zero-order chi connectivity index (χ0) is 14.6. The second kappa shape index (κ2) is 6.70. The molecule has 3 heteroatoms. The standard InChI is InChI=1S/C17H27NO2/c1-13(2)10-14-4-6-15(7-5-14)16(20)11-18-17(12-19)8-3-9-17/h4-7,13,16,18-20H,3,8-12H2,1-2H3. The van der Waals surface area contributed by atoms with Crippen molar-refractivity contribution < 1.29 is 10.2 Å². The average molecular weight is 277 g/mol. The quantitative estimate of drug-likeness (QED) is 0.717. The molecule has 0 aromatic heterocycles. The van der Waals surface area contributed by atoms with Gasteiger partial charge in [0, 0.05) is 12.1 Å². The topological polar surface area (TPSA) is 52.5 Å². The zero-order valence-electron chi connectivity index (χ0n) is 12.6. The second-order valence-corrected chi connectivity index (χ2v) is 6.53. The molecule has 1 fully saturated rings. The number of aliphatic hydroxyl groups excluding tert-OH is 2. The van der Waals surface area contributed by atoms with Crippen molar-refractivity contribution in [2.45, 2.75) is 51.2 Å². The first-order chi connectivity index (χ1) is 9.54. The van der Waals surface area contributed by atoms with E-state index in [9.17, 15) is 10.2 Å². The summed E-state index contributed by atoms with van der Waals surface area (Å²) in [5.74, 6) is 0.649. The van der Waals surface area contributed by atoms with E-state index in [1.165, 1.54) is 5.56 Å². The van der Waals surface area contributed by atoms with Crippen LogP contribution in [0.15, 0.2) is 24.3 Å². The fraction of sp³-hybridized carbons (Fsp3) is 0.647. The lowest BCUT2D eigenvalue weighted by atomic mass is 9.77. The highest BCUT2D eigenvalue weighted by atomic mass is 16.3. The maximum Gasteiger partial charge on any atom is 0.0914 e. The van der Waals surface area contributed by atoms with Crippen LogP contribution in [-0.2, 0) is 6.42 Å². The number of nitrogens with one attached hydrogen (secondary N) is 1. The third kappa shape index (κ3) is 3.81. The molecule has 0 spiro atoms. The highest BCUT2D eigenvalue weighted by molar-refractivity contribution is 5.24. The van der Waals surface area contributed by atoms with Crippen LogP contribution in [0.2, 0.25) is 0 Å². The lowest BCUT2D eigenvalue weighted by Gasteiger charge is -2.41. The van der Waals surface area contributed by atoms with Crippen LogP contribution < -0.4 is 5.32 Å². The molecule has 0 amide bonds. The Labute approximate surface area is 122 Å². The highest BCUT2D eigenvalue weighted by Crippen LogP contribution is 2.31. The predicted molar refractivity (Wildman–Crippen MR) is 81.6 cm³/mol. The van der Waals surface area contributed by atoms with Gasteiger partial charge in [0.25, 0.3) is 0 Å². The summed E-state index contributed by atoms with van der Waals surface area (Å²) in [4.78, 5) is 0. The Bertz CT molecular complexity index is 404. The van der Waals surface area contributed by atoms with Crippen molar-refractivity contribution in [1.82, 2.24) is 5.32 Å². The fourth-order valence-corrected chi connectivity index (χ4v) is 2.77. The lowest BCUT2D eigenvalue weighted by Crippen LogP contribution is -2.54. The summed E-state index contributed by atoms with van der Waals surface area (Å²) in [6, 6.07) is 8.22. The first kappa shape index (κ1) is 15.5. The molecule has 1 saturated carbocycles. The first-order valence-electron chi connectivity index (χ1n) is 7.67. The largest absolute Gasteiger partial charge is 0.394 e. The molecule has 1 unspecified atom stereocenters. The van der Waals surface area contributed by atoms with Gasteiger partial charge in [0.05, 0.1) is 12.7 Å². The monoisotopic (exact) mass is 277 g/mol. The van der Waals surface area contributed by atoms with Crippen molar-refractivity contribution in [2.24, 2.45) is 5.92 Å². The van der Waals surface area contributed by atoms with Crippen LogP contribution in [-0.4, -0.2) is 28.9 Å². The molecule has 0 bridgehead atoms. The van der Waals surface area contributed by atoms with E-state index in [4.69, 9.17) is 0 Å². The van der Waals surface area contributed by atoms with E-state index >= 15 is 0 Å². The van der Waals surface area contributed by atoms with Crippen LogP contribution >= 0.6 is 0 Å². The molecule has 0 aliphatic heterocycles. The molecule has 0 saturated heterocycles. The highest BCUT2D eigenvalue weighted by Gasteiger charge is 2.36. The van der Waals surface area contributed by atoms with Gasteiger partial charge in [0.1, 0.15) is 0 Å². The van der Waals surface area contributed by atoms with Gasteiger partial charge in [0.15, 0.2) is 0 Å². The van der Waals surface area contributed by atoms with Crippen LogP contribution in [0.1, 0.15) is 50.3 Å². The number of benzene rings is 1. The number of rotatable bonds is 7. The molecule has 1 aliphatic carbocycles. The number of hydrogen-bond acceptors (Lipinski definition) is 3. The summed E-state index contributed by atoms with van der Waals surface area (Å²) in [5.41, 5.74) is 2.12. The lowest BCUT2D eigenvalue weighted by molar-refractivity contribution is 0.0687. The Hall–Kier alpha value is -0.900. The zero-order valence-corrected chi connectivity index (χ0v) is 12.6. The Morgan fingerprint density at radius 2 is 1.85 bits per heavy atom. The molecule has 3 N–H and O–H groups in total. The summed E-state index contributed by atoms with van der Waals surface area (Å²) >= 11 is 0. The van der Waals surface area contributed by atoms with Gasteiger partial charge < -0.3 is 15.5 Å². The van der Waals surface area contributed by atoms with Gasteiger partial charge in [-0.1, -0.05) is 38.1 Å². The third-order valence-corrected chi connectivity index (χ3v) is 4.29. The van der Waals surface area contributed by atoms with Crippen molar-refractivity contribution in [2.75, 3.05) is 13.2 Å². The molecule has 1 atom stereocenters. The van der Waals surface area contributed by atoms with Gasteiger partial charge in [-0.25, -0.2) is 0 Å². The Balaban J connectivity index is 1.87. The Kier molecular flexibility index (Phi) is 5.19. The normalized spacial score (nSPS) is 18.9. The molecule has 2 rings (SSSR count). The summed E-state index contributed by atoms with van der Waals surface area (Å²) in [5, 5.41) is 23.0. The van der Waals surface area contributed by atoms with Crippen molar-refractivity contribution in [3.05, 3.63) is 35.4 Å². The number of β-amino-alcohol motifs (C(OH)–C–C–N with tert-alkyl or cyclic N) is 1. The molecule has 1 aliphatic rings. The summed E-state index contributed by atoms with van der Waals surface area (Å²) < 4.78 is 0. The summed E-state index contributed by atoms with van der Waals surface area (Å²) in [6.45, 7) is 5.08. The third-order valence-electron chi connectivity index (χ3n) is 4.29. The molecule has 112 valence electrons. The first-order valence-corrected chi connectivity index (χ1v) is 7.67. The average Bonchev–Trinajstić information content (AvgIpc) is 2.38. The van der Waals surface area contributed by atoms with Gasteiger partial charge in [-0.05, 0) is 42.7 Å². The van der Waals surface area contributed by atoms with Crippen molar-refractivity contribution in [1.29, 1.82) is 0 Å². The van der Waals surface area contributed by atoms with Crippen LogP contribution in [0.25, 0.3) is 0 Å². The number of hydrogen-bond donors (Lipinski definition) is 3. The van der Waals surface area contributed by atoms with Gasteiger partial charge >= 0.3 is 0 Å². The van der Waals surface area contributed by atoms with Gasteiger partial charge in [-0.3, -0.25) is 0 Å². The second-order valence-electron chi connectivity index (χ2n) is 6.53. The van der Waals surface area contributed by atoms with E-state index in [1.807, 2.05) is 12.1 Å². The van der Waals surface area contributed by atoms with Crippen LogP contribution in [0.3, 0.4) is 0 Å². The van der Waals surface area contributed by atoms with Crippen molar-refractivity contribution in [3.63, 3.8) is 0 Å². The molecule has 3 nitrogen and oxygen atoms in total. The van der Waals surface area contributed by atoms with Crippen LogP contribution in [0.5, 0.6) is 0 Å². The number of aliphatic hydroxyl groups is 2. The van der Waals surface area contributed by atoms with E-state index in [1.54, 1.807) is 0 Å². The van der Waals surface area contributed by atoms with Crippen molar-refractivity contribution >= 4 is 0 Å². The van der Waals surface area contributed by atoms with E-state index < -0.39 is 6.10 Å². The SMILES string of the molecule is CC(C)Cc1ccc(C(O)CNC2(CO)CCC2)cc1. The molecule has 0 heterocycles. The predicted octanol–water partition coefficient (Wildman–Crippen LogP) is 2.42. The Morgan fingerprint density at radius 1 is 1.20 bits per heavy atom.